The van der Waals surface area contributed by atoms with Gasteiger partial charge >= 0.3 is 0 Å². The van der Waals surface area contributed by atoms with Crippen LogP contribution in [0.15, 0.2) is 47.9 Å². The van der Waals surface area contributed by atoms with Crippen molar-refractivity contribution in [3.63, 3.8) is 0 Å². The molecular weight excluding hydrogens is 581 g/mol. The van der Waals surface area contributed by atoms with E-state index in [1.54, 1.807) is 0 Å². The van der Waals surface area contributed by atoms with E-state index in [1.165, 1.54) is 32.7 Å². The van der Waals surface area contributed by atoms with Crippen molar-refractivity contribution in [3.8, 4) is 0 Å². The summed E-state index contributed by atoms with van der Waals surface area (Å²) in [6, 6.07) is 9.29. The molecule has 2 rings (SSSR count). The van der Waals surface area contributed by atoms with E-state index >= 15 is 0 Å². The molecule has 0 saturated heterocycles. The van der Waals surface area contributed by atoms with E-state index in [9.17, 15) is 5.11 Å². The lowest BCUT2D eigenvalue weighted by Crippen LogP contribution is -2.41. The molecule has 6 heteroatoms. The number of hydrogen-bond acceptors (Lipinski definition) is 4. The van der Waals surface area contributed by atoms with Crippen molar-refractivity contribution in [3.05, 3.63) is 75.0 Å². The quantitative estimate of drug-likeness (QED) is 0.155. The van der Waals surface area contributed by atoms with Crippen LogP contribution in [0.5, 0.6) is 0 Å². The number of thiophene rings is 1. The Labute approximate surface area is 271 Å². The predicted octanol–water partition coefficient (Wildman–Crippen LogP) is 11.5. The smallest absolute Gasteiger partial charge is 0.192 e. The summed E-state index contributed by atoms with van der Waals surface area (Å²) < 4.78 is 13.4. The highest BCUT2D eigenvalue weighted by Crippen LogP contribution is 2.39. The van der Waals surface area contributed by atoms with Gasteiger partial charge in [-0.2, -0.15) is 0 Å². The standard InChI is InChI=1S/C37H62O3SSi2/c1-14-31(18-17-23-37(38,15-2)16-3)34-25-30(28-41-34)20-19-29-21-22-32(26-39-42(10,11)35(4,5)6)33(24-29)27-40-43(12,13)36(7,8)9/h17-18,21-25,28,38H,14-16,19-20,26-27H2,1-13H3. The zero-order valence-corrected chi connectivity index (χ0v) is 32.6. The molecule has 0 bridgehead atoms. The molecular formula is C37H62O3SSi2. The first-order chi connectivity index (χ1) is 19.8. The van der Waals surface area contributed by atoms with E-state index in [4.69, 9.17) is 8.85 Å². The van der Waals surface area contributed by atoms with Gasteiger partial charge < -0.3 is 14.0 Å². The molecule has 0 atom stereocenters. The molecule has 0 aliphatic rings. The third-order valence-electron chi connectivity index (χ3n) is 10.0. The number of benzene rings is 1. The fourth-order valence-corrected chi connectivity index (χ4v) is 7.17. The zero-order chi connectivity index (χ0) is 32.7. The molecule has 242 valence electrons. The number of aliphatic hydroxyl groups is 1. The van der Waals surface area contributed by atoms with Crippen LogP contribution in [0, 0.1) is 0 Å². The summed E-state index contributed by atoms with van der Waals surface area (Å²) >= 11 is 1.82. The average molecular weight is 643 g/mol. The minimum Gasteiger partial charge on any atom is -0.413 e. The minimum absolute atomic E-state index is 0.174. The Balaban J connectivity index is 2.23. The maximum Gasteiger partial charge on any atom is 0.192 e. The van der Waals surface area contributed by atoms with E-state index in [0.717, 1.165) is 32.1 Å². The van der Waals surface area contributed by atoms with E-state index in [0.29, 0.717) is 13.2 Å². The van der Waals surface area contributed by atoms with Crippen molar-refractivity contribution >= 4 is 33.5 Å². The highest BCUT2D eigenvalue weighted by atomic mass is 32.1. The molecule has 0 radical (unpaired) electrons. The van der Waals surface area contributed by atoms with Crippen LogP contribution in [0.1, 0.15) is 109 Å². The van der Waals surface area contributed by atoms with Crippen molar-refractivity contribution in [2.75, 3.05) is 0 Å². The summed E-state index contributed by atoms with van der Waals surface area (Å²) in [7, 11) is -3.74. The minimum atomic E-state index is -1.88. The van der Waals surface area contributed by atoms with Crippen LogP contribution in [-0.4, -0.2) is 27.3 Å². The second-order valence-electron chi connectivity index (χ2n) is 15.2. The van der Waals surface area contributed by atoms with Gasteiger partial charge in [0.05, 0.1) is 18.8 Å². The monoisotopic (exact) mass is 642 g/mol. The molecule has 0 aliphatic carbocycles. The van der Waals surface area contributed by atoms with Crippen molar-refractivity contribution in [2.45, 2.75) is 149 Å². The van der Waals surface area contributed by atoms with Crippen molar-refractivity contribution < 1.29 is 14.0 Å². The molecule has 1 aromatic carbocycles. The summed E-state index contributed by atoms with van der Waals surface area (Å²) in [5.74, 6) is 0. The molecule has 0 unspecified atom stereocenters. The van der Waals surface area contributed by atoms with Crippen LogP contribution in [0.4, 0.5) is 0 Å². The first-order valence-electron chi connectivity index (χ1n) is 16.3. The van der Waals surface area contributed by atoms with Crippen molar-refractivity contribution in [1.29, 1.82) is 0 Å². The SMILES string of the molecule is CCC(=CC=CC(O)(CC)CC)c1cc(CCc2ccc(CO[Si](C)(C)C(C)(C)C)c(CO[Si](C)(C)C(C)(C)C)c2)cs1. The highest BCUT2D eigenvalue weighted by Gasteiger charge is 2.38. The molecule has 3 nitrogen and oxygen atoms in total. The second kappa shape index (κ2) is 15.3. The fraction of sp³-hybridized carbons (Fsp3) is 0.622. The van der Waals surface area contributed by atoms with Gasteiger partial charge in [-0.3, -0.25) is 0 Å². The lowest BCUT2D eigenvalue weighted by Gasteiger charge is -2.37. The van der Waals surface area contributed by atoms with Crippen LogP contribution in [0.3, 0.4) is 0 Å². The molecule has 1 heterocycles. The van der Waals surface area contributed by atoms with Gasteiger partial charge in [0.15, 0.2) is 16.6 Å². The lowest BCUT2D eigenvalue weighted by molar-refractivity contribution is 0.0828. The molecule has 2 aromatic rings. The first kappa shape index (κ1) is 37.9. The Bertz CT molecular complexity index is 1220. The van der Waals surface area contributed by atoms with Gasteiger partial charge in [0.1, 0.15) is 0 Å². The topological polar surface area (TPSA) is 38.7 Å². The third-order valence-corrected chi connectivity index (χ3v) is 20.1. The third kappa shape index (κ3) is 10.9. The van der Waals surface area contributed by atoms with Gasteiger partial charge in [-0.15, -0.1) is 11.3 Å². The summed E-state index contributed by atoms with van der Waals surface area (Å²) in [5, 5.41) is 13.2. The van der Waals surface area contributed by atoms with Crippen LogP contribution >= 0.6 is 11.3 Å². The van der Waals surface area contributed by atoms with Crippen molar-refractivity contribution in [2.24, 2.45) is 0 Å². The zero-order valence-electron chi connectivity index (χ0n) is 29.7. The largest absolute Gasteiger partial charge is 0.413 e. The Hall–Kier alpha value is -1.29. The Morgan fingerprint density at radius 3 is 1.84 bits per heavy atom. The van der Waals surface area contributed by atoms with E-state index in [-0.39, 0.29) is 10.1 Å². The summed E-state index contributed by atoms with van der Waals surface area (Å²) in [6.45, 7) is 30.7. The molecule has 0 amide bonds. The van der Waals surface area contributed by atoms with Gasteiger partial charge in [-0.25, -0.2) is 0 Å². The Morgan fingerprint density at radius 2 is 1.33 bits per heavy atom. The Morgan fingerprint density at radius 1 is 0.791 bits per heavy atom. The molecule has 1 aromatic heterocycles. The predicted molar refractivity (Wildman–Crippen MR) is 195 cm³/mol. The van der Waals surface area contributed by atoms with Crippen LogP contribution in [0.25, 0.3) is 5.57 Å². The Kier molecular flexibility index (Phi) is 13.5. The van der Waals surface area contributed by atoms with Gasteiger partial charge in [-0.1, -0.05) is 98.7 Å². The summed E-state index contributed by atoms with van der Waals surface area (Å²) in [6.07, 6.45) is 10.6. The average Bonchev–Trinajstić information content (AvgIpc) is 3.40. The van der Waals surface area contributed by atoms with Crippen LogP contribution < -0.4 is 0 Å². The second-order valence-corrected chi connectivity index (χ2v) is 25.8. The maximum absolute atomic E-state index is 10.6. The summed E-state index contributed by atoms with van der Waals surface area (Å²) in [5.41, 5.74) is 5.87. The van der Waals surface area contributed by atoms with Gasteiger partial charge in [0.25, 0.3) is 0 Å². The van der Waals surface area contributed by atoms with Crippen molar-refractivity contribution in [1.82, 2.24) is 0 Å². The maximum atomic E-state index is 10.6. The number of rotatable bonds is 15. The molecule has 0 spiro atoms. The number of hydrogen-bond donors (Lipinski definition) is 1. The van der Waals surface area contributed by atoms with Crippen LogP contribution in [-0.2, 0) is 34.9 Å². The van der Waals surface area contributed by atoms with Gasteiger partial charge in [-0.05, 0) is 108 Å². The molecule has 43 heavy (non-hydrogen) atoms. The highest BCUT2D eigenvalue weighted by molar-refractivity contribution is 7.11. The van der Waals surface area contributed by atoms with Crippen LogP contribution in [0.2, 0.25) is 36.3 Å². The van der Waals surface area contributed by atoms with E-state index in [1.807, 2.05) is 37.3 Å². The normalized spacial score (nSPS) is 14.2. The van der Waals surface area contributed by atoms with Gasteiger partial charge in [0.2, 0.25) is 0 Å². The van der Waals surface area contributed by atoms with E-state index in [2.05, 4.69) is 110 Å². The lowest BCUT2D eigenvalue weighted by atomic mass is 9.96. The number of allylic oxidation sites excluding steroid dienone is 3. The molecule has 0 saturated carbocycles. The molecule has 0 aliphatic heterocycles. The van der Waals surface area contributed by atoms with Gasteiger partial charge in [0, 0.05) is 4.88 Å². The fourth-order valence-electron chi connectivity index (χ4n) is 4.23. The molecule has 1 N–H and O–H groups in total. The number of aryl methyl sites for hydroxylation is 2. The van der Waals surface area contributed by atoms with E-state index < -0.39 is 22.2 Å². The summed E-state index contributed by atoms with van der Waals surface area (Å²) in [4.78, 5) is 1.32. The molecule has 0 fully saturated rings. The first-order valence-corrected chi connectivity index (χ1v) is 23.0.